The topological polar surface area (TPSA) is 65.5 Å². The van der Waals surface area contributed by atoms with Gasteiger partial charge in [-0.05, 0) is 50.1 Å². The lowest BCUT2D eigenvalue weighted by molar-refractivity contribution is 0.280. The third-order valence-corrected chi connectivity index (χ3v) is 5.66. The fourth-order valence-electron chi connectivity index (χ4n) is 3.94. The Kier molecular flexibility index (Phi) is 5.58. The van der Waals surface area contributed by atoms with Crippen molar-refractivity contribution in [2.75, 3.05) is 20.2 Å². The van der Waals surface area contributed by atoms with Gasteiger partial charge in [0.05, 0.1) is 24.6 Å². The van der Waals surface area contributed by atoms with Crippen LogP contribution >= 0.6 is 0 Å². The Morgan fingerprint density at radius 1 is 1.24 bits per heavy atom. The van der Waals surface area contributed by atoms with E-state index in [1.807, 2.05) is 37.8 Å². The van der Waals surface area contributed by atoms with Gasteiger partial charge >= 0.3 is 0 Å². The van der Waals surface area contributed by atoms with Crippen molar-refractivity contribution in [3.8, 4) is 11.5 Å². The highest BCUT2D eigenvalue weighted by Gasteiger charge is 2.25. The van der Waals surface area contributed by atoms with Gasteiger partial charge in [-0.1, -0.05) is 11.2 Å². The Hall–Kier alpha value is -2.80. The van der Waals surface area contributed by atoms with E-state index in [9.17, 15) is 0 Å². The second-order valence-electron chi connectivity index (χ2n) is 7.74. The molecule has 1 fully saturated rings. The van der Waals surface area contributed by atoms with Crippen LogP contribution in [0.15, 0.2) is 35.1 Å². The lowest BCUT2D eigenvalue weighted by Crippen LogP contribution is -2.19. The molecule has 3 heterocycles. The molecule has 1 aliphatic heterocycles. The van der Waals surface area contributed by atoms with Crippen LogP contribution in [0.25, 0.3) is 0 Å². The molecule has 2 aromatic heterocycles. The summed E-state index contributed by atoms with van der Waals surface area (Å²) in [5, 5.41) is 8.28. The van der Waals surface area contributed by atoms with Gasteiger partial charge in [0.25, 0.3) is 0 Å². The smallest absolute Gasteiger partial charge is 0.161 e. The average molecular weight is 396 g/mol. The molecule has 3 aromatic rings. The highest BCUT2D eigenvalue weighted by Crippen LogP contribution is 2.32. The fourth-order valence-corrected chi connectivity index (χ4v) is 3.94. The Balaban J connectivity index is 1.39. The predicted octanol–water partition coefficient (Wildman–Crippen LogP) is 3.60. The fraction of sp³-hybridized carbons (Fsp3) is 0.455. The van der Waals surface area contributed by atoms with E-state index >= 15 is 0 Å². The van der Waals surface area contributed by atoms with Crippen molar-refractivity contribution in [2.45, 2.75) is 39.3 Å². The van der Waals surface area contributed by atoms with Gasteiger partial charge in [0.15, 0.2) is 11.5 Å². The molecule has 0 saturated carbocycles. The molecular formula is C22H28N4O3. The summed E-state index contributed by atoms with van der Waals surface area (Å²) in [5.74, 6) is 2.82. The van der Waals surface area contributed by atoms with E-state index in [1.54, 1.807) is 7.11 Å². The van der Waals surface area contributed by atoms with E-state index in [-0.39, 0.29) is 0 Å². The Labute approximate surface area is 171 Å². The molecule has 4 rings (SSSR count). The van der Waals surface area contributed by atoms with Gasteiger partial charge in [-0.3, -0.25) is 9.58 Å². The second-order valence-corrected chi connectivity index (χ2v) is 7.74. The maximum atomic E-state index is 5.99. The molecular weight excluding hydrogens is 368 g/mol. The second kappa shape index (κ2) is 8.29. The third kappa shape index (κ3) is 4.29. The van der Waals surface area contributed by atoms with Crippen molar-refractivity contribution in [3.63, 3.8) is 0 Å². The van der Waals surface area contributed by atoms with Crippen LogP contribution < -0.4 is 9.47 Å². The Bertz CT molecular complexity index is 959. The summed E-state index contributed by atoms with van der Waals surface area (Å²) in [6, 6.07) is 6.17. The number of ether oxygens (including phenoxy) is 2. The zero-order chi connectivity index (χ0) is 20.4. The summed E-state index contributed by atoms with van der Waals surface area (Å²) in [7, 11) is 3.65. The minimum Gasteiger partial charge on any atom is -0.493 e. The van der Waals surface area contributed by atoms with Crippen LogP contribution in [-0.4, -0.2) is 40.0 Å². The standard InChI is InChI=1S/C22H28N4O3/c1-15-20(16(2)29-24-15)14-28-21-6-5-17(9-22(21)27-4)11-26-8-7-18(13-26)19-10-23-25(3)12-19/h5-6,9-10,12,18H,7-8,11,13-14H2,1-4H3. The van der Waals surface area contributed by atoms with E-state index in [2.05, 4.69) is 33.5 Å². The largest absolute Gasteiger partial charge is 0.493 e. The van der Waals surface area contributed by atoms with Gasteiger partial charge in [0.2, 0.25) is 0 Å². The summed E-state index contributed by atoms with van der Waals surface area (Å²) in [5.41, 5.74) is 4.39. The van der Waals surface area contributed by atoms with Crippen LogP contribution in [0.1, 0.15) is 40.5 Å². The molecule has 0 bridgehead atoms. The zero-order valence-electron chi connectivity index (χ0n) is 17.5. The van der Waals surface area contributed by atoms with E-state index in [0.29, 0.717) is 12.5 Å². The molecule has 1 saturated heterocycles. The number of aromatic nitrogens is 3. The van der Waals surface area contributed by atoms with Crippen molar-refractivity contribution in [1.29, 1.82) is 0 Å². The number of hydrogen-bond donors (Lipinski definition) is 0. The van der Waals surface area contributed by atoms with E-state index < -0.39 is 0 Å². The Morgan fingerprint density at radius 3 is 2.79 bits per heavy atom. The minimum atomic E-state index is 0.412. The quantitative estimate of drug-likeness (QED) is 0.608. The molecule has 29 heavy (non-hydrogen) atoms. The molecule has 7 nitrogen and oxygen atoms in total. The molecule has 1 atom stereocenters. The number of nitrogens with zero attached hydrogens (tertiary/aromatic N) is 4. The molecule has 1 aliphatic rings. The average Bonchev–Trinajstić information content (AvgIpc) is 3.42. The third-order valence-electron chi connectivity index (χ3n) is 5.66. The first-order valence-electron chi connectivity index (χ1n) is 9.96. The molecule has 0 amide bonds. The van der Waals surface area contributed by atoms with Crippen LogP contribution in [0.4, 0.5) is 0 Å². The minimum absolute atomic E-state index is 0.412. The summed E-state index contributed by atoms with van der Waals surface area (Å²) in [4.78, 5) is 2.48. The molecule has 154 valence electrons. The Morgan fingerprint density at radius 2 is 2.10 bits per heavy atom. The predicted molar refractivity (Wildman–Crippen MR) is 109 cm³/mol. The molecule has 0 aliphatic carbocycles. The van der Waals surface area contributed by atoms with Crippen molar-refractivity contribution >= 4 is 0 Å². The van der Waals surface area contributed by atoms with Crippen molar-refractivity contribution in [1.82, 2.24) is 19.8 Å². The van der Waals surface area contributed by atoms with Gasteiger partial charge in [-0.2, -0.15) is 5.10 Å². The first-order valence-corrected chi connectivity index (χ1v) is 9.96. The van der Waals surface area contributed by atoms with E-state index in [4.69, 9.17) is 14.0 Å². The first-order chi connectivity index (χ1) is 14.0. The van der Waals surface area contributed by atoms with Crippen LogP contribution in [0.2, 0.25) is 0 Å². The number of likely N-dealkylation sites (tertiary alicyclic amines) is 1. The maximum absolute atomic E-state index is 5.99. The van der Waals surface area contributed by atoms with Crippen molar-refractivity contribution < 1.29 is 14.0 Å². The number of benzene rings is 1. The molecule has 0 spiro atoms. The monoisotopic (exact) mass is 396 g/mol. The van der Waals surface area contributed by atoms with Gasteiger partial charge < -0.3 is 14.0 Å². The highest BCUT2D eigenvalue weighted by atomic mass is 16.5. The van der Waals surface area contributed by atoms with Crippen molar-refractivity contribution in [3.05, 3.63) is 58.7 Å². The molecule has 0 N–H and O–H groups in total. The number of rotatable bonds is 7. The van der Waals surface area contributed by atoms with E-state index in [1.165, 1.54) is 17.5 Å². The molecule has 0 radical (unpaired) electrons. The van der Waals surface area contributed by atoms with Gasteiger partial charge in [0, 0.05) is 32.3 Å². The number of hydrogen-bond acceptors (Lipinski definition) is 6. The maximum Gasteiger partial charge on any atom is 0.161 e. The lowest BCUT2D eigenvalue weighted by Gasteiger charge is -2.17. The first kappa shape index (κ1) is 19.5. The van der Waals surface area contributed by atoms with Gasteiger partial charge in [-0.25, -0.2) is 0 Å². The molecule has 1 aromatic carbocycles. The zero-order valence-corrected chi connectivity index (χ0v) is 17.5. The summed E-state index contributed by atoms with van der Waals surface area (Å²) in [6.45, 7) is 7.27. The summed E-state index contributed by atoms with van der Waals surface area (Å²) < 4.78 is 18.7. The SMILES string of the molecule is COc1cc(CN2CCC(c3cnn(C)c3)C2)ccc1OCc1c(C)noc1C. The number of methoxy groups -OCH3 is 1. The summed E-state index contributed by atoms with van der Waals surface area (Å²) >= 11 is 0. The van der Waals surface area contributed by atoms with Crippen LogP contribution in [0, 0.1) is 13.8 Å². The van der Waals surface area contributed by atoms with Gasteiger partial charge in [-0.15, -0.1) is 0 Å². The van der Waals surface area contributed by atoms with Crippen LogP contribution in [0.3, 0.4) is 0 Å². The van der Waals surface area contributed by atoms with Crippen molar-refractivity contribution in [2.24, 2.45) is 7.05 Å². The van der Waals surface area contributed by atoms with E-state index in [0.717, 1.165) is 48.2 Å². The van der Waals surface area contributed by atoms with Gasteiger partial charge in [0.1, 0.15) is 12.4 Å². The highest BCUT2D eigenvalue weighted by molar-refractivity contribution is 5.43. The molecule has 1 unspecified atom stereocenters. The lowest BCUT2D eigenvalue weighted by atomic mass is 10.0. The number of aryl methyl sites for hydroxylation is 3. The molecule has 7 heteroatoms. The van der Waals surface area contributed by atoms with Crippen LogP contribution in [-0.2, 0) is 20.2 Å². The normalized spacial score (nSPS) is 17.0. The van der Waals surface area contributed by atoms with Crippen LogP contribution in [0.5, 0.6) is 11.5 Å². The summed E-state index contributed by atoms with van der Waals surface area (Å²) in [6.07, 6.45) is 5.28.